The molecule has 0 spiro atoms. The van der Waals surface area contributed by atoms with Crippen LogP contribution in [0.1, 0.15) is 17.3 Å². The topological polar surface area (TPSA) is 17.1 Å². The van der Waals surface area contributed by atoms with Gasteiger partial charge >= 0.3 is 0 Å². The van der Waals surface area contributed by atoms with Gasteiger partial charge in [0.15, 0.2) is 5.78 Å². The van der Waals surface area contributed by atoms with E-state index in [-0.39, 0.29) is 11.3 Å². The van der Waals surface area contributed by atoms with Gasteiger partial charge in [0.25, 0.3) is 0 Å². The third-order valence-corrected chi connectivity index (χ3v) is 2.41. The molecule has 0 aliphatic heterocycles. The average Bonchev–Trinajstić information content (AvgIpc) is 1.96. The lowest BCUT2D eigenvalue weighted by Gasteiger charge is -2.01. The lowest BCUT2D eigenvalue weighted by atomic mass is 10.1. The maximum atomic E-state index is 13.1. The van der Waals surface area contributed by atoms with Gasteiger partial charge in [-0.15, -0.1) is 0 Å². The van der Waals surface area contributed by atoms with E-state index in [1.165, 1.54) is 13.0 Å². The Morgan fingerprint density at radius 1 is 1.42 bits per heavy atom. The zero-order valence-corrected chi connectivity index (χ0v) is 9.37. The predicted octanol–water partition coefficient (Wildman–Crippen LogP) is 3.55. The lowest BCUT2D eigenvalue weighted by Crippen LogP contribution is -1.97. The van der Waals surface area contributed by atoms with E-state index in [9.17, 15) is 9.18 Å². The molecule has 0 aliphatic carbocycles. The Kier molecular flexibility index (Phi) is 3.01. The molecular weight excluding hydrogens is 291 g/mol. The minimum Gasteiger partial charge on any atom is -0.294 e. The van der Waals surface area contributed by atoms with Crippen molar-refractivity contribution in [3.8, 4) is 0 Å². The molecule has 12 heavy (non-hydrogen) atoms. The van der Waals surface area contributed by atoms with Gasteiger partial charge < -0.3 is 0 Å². The zero-order valence-electron chi connectivity index (χ0n) is 6.20. The first-order valence-corrected chi connectivity index (χ1v) is 4.76. The van der Waals surface area contributed by atoms with Gasteiger partial charge in [0, 0.05) is 4.47 Å². The van der Waals surface area contributed by atoms with Crippen LogP contribution in [0.4, 0.5) is 4.39 Å². The molecule has 0 heterocycles. The summed E-state index contributed by atoms with van der Waals surface area (Å²) in [6, 6.07) is 3.02. The summed E-state index contributed by atoms with van der Waals surface area (Å²) in [7, 11) is 0. The van der Waals surface area contributed by atoms with Crippen molar-refractivity contribution >= 4 is 37.6 Å². The van der Waals surface area contributed by atoms with Crippen LogP contribution in [0.15, 0.2) is 21.1 Å². The maximum Gasteiger partial charge on any atom is 0.162 e. The largest absolute Gasteiger partial charge is 0.294 e. The van der Waals surface area contributed by atoms with Crippen LogP contribution in [0.2, 0.25) is 0 Å². The molecule has 1 nitrogen and oxygen atoms in total. The second-order valence-corrected chi connectivity index (χ2v) is 4.08. The Morgan fingerprint density at radius 2 is 2.00 bits per heavy atom. The summed E-state index contributed by atoms with van der Waals surface area (Å²) in [6.07, 6.45) is 0. The second-order valence-electron chi connectivity index (χ2n) is 2.31. The van der Waals surface area contributed by atoms with Crippen LogP contribution in [-0.4, -0.2) is 5.78 Å². The van der Waals surface area contributed by atoms with Crippen molar-refractivity contribution in [1.82, 2.24) is 0 Å². The molecule has 0 fully saturated rings. The van der Waals surface area contributed by atoms with Gasteiger partial charge in [-0.3, -0.25) is 4.79 Å². The van der Waals surface area contributed by atoms with Crippen molar-refractivity contribution in [3.05, 3.63) is 32.5 Å². The summed E-state index contributed by atoms with van der Waals surface area (Å²) in [5, 5.41) is 0. The summed E-state index contributed by atoms with van der Waals surface area (Å²) in [5.41, 5.74) is 0.0938. The second kappa shape index (κ2) is 3.66. The Bertz CT molecular complexity index is 336. The fourth-order valence-corrected chi connectivity index (χ4v) is 2.04. The molecule has 0 amide bonds. The molecule has 1 aromatic carbocycles. The third kappa shape index (κ3) is 1.93. The minimum atomic E-state index is -0.509. The molecule has 0 unspecified atom stereocenters. The Balaban J connectivity index is 3.37. The molecule has 0 saturated carbocycles. The standard InChI is InChI=1S/C8H5Br2FO/c1-4(12)6-2-5(9)3-7(10)8(6)11/h2-3H,1H3. The third-order valence-electron chi connectivity index (χ3n) is 1.37. The van der Waals surface area contributed by atoms with E-state index in [0.717, 1.165) is 0 Å². The highest BCUT2D eigenvalue weighted by atomic mass is 79.9. The van der Waals surface area contributed by atoms with Gasteiger partial charge in [-0.05, 0) is 35.0 Å². The normalized spacial score (nSPS) is 10.0. The molecule has 0 bridgehead atoms. The van der Waals surface area contributed by atoms with Crippen molar-refractivity contribution in [2.24, 2.45) is 0 Å². The van der Waals surface area contributed by atoms with Gasteiger partial charge in [-0.1, -0.05) is 15.9 Å². The smallest absolute Gasteiger partial charge is 0.162 e. The molecule has 0 N–H and O–H groups in total. The van der Waals surface area contributed by atoms with Crippen LogP contribution >= 0.6 is 31.9 Å². The monoisotopic (exact) mass is 294 g/mol. The Hall–Kier alpha value is -0.220. The van der Waals surface area contributed by atoms with E-state index in [1.807, 2.05) is 0 Å². The molecule has 0 aromatic heterocycles. The highest BCUT2D eigenvalue weighted by molar-refractivity contribution is 9.11. The highest BCUT2D eigenvalue weighted by Crippen LogP contribution is 2.24. The lowest BCUT2D eigenvalue weighted by molar-refractivity contribution is 0.101. The molecule has 0 radical (unpaired) electrons. The molecule has 4 heteroatoms. The van der Waals surface area contributed by atoms with E-state index < -0.39 is 5.82 Å². The van der Waals surface area contributed by atoms with Crippen LogP contribution in [0.25, 0.3) is 0 Å². The van der Waals surface area contributed by atoms with Crippen molar-refractivity contribution in [1.29, 1.82) is 0 Å². The first-order valence-electron chi connectivity index (χ1n) is 3.18. The van der Waals surface area contributed by atoms with Crippen LogP contribution in [0.5, 0.6) is 0 Å². The summed E-state index contributed by atoms with van der Waals surface area (Å²) in [5.74, 6) is -0.791. The summed E-state index contributed by atoms with van der Waals surface area (Å²) < 4.78 is 14.1. The summed E-state index contributed by atoms with van der Waals surface area (Å²) >= 11 is 6.17. The number of ketones is 1. The quantitative estimate of drug-likeness (QED) is 0.572. The van der Waals surface area contributed by atoms with Crippen molar-refractivity contribution in [3.63, 3.8) is 0 Å². The van der Waals surface area contributed by atoms with Crippen LogP contribution < -0.4 is 0 Å². The Morgan fingerprint density at radius 3 is 2.50 bits per heavy atom. The molecule has 1 rings (SSSR count). The SMILES string of the molecule is CC(=O)c1cc(Br)cc(Br)c1F. The first-order chi connectivity index (χ1) is 5.52. The van der Waals surface area contributed by atoms with E-state index in [2.05, 4.69) is 31.9 Å². The van der Waals surface area contributed by atoms with E-state index in [4.69, 9.17) is 0 Å². The van der Waals surface area contributed by atoms with E-state index >= 15 is 0 Å². The van der Waals surface area contributed by atoms with Gasteiger partial charge in [-0.2, -0.15) is 0 Å². The number of rotatable bonds is 1. The maximum absolute atomic E-state index is 13.1. The minimum absolute atomic E-state index is 0.0938. The first kappa shape index (κ1) is 9.86. The van der Waals surface area contributed by atoms with Gasteiger partial charge in [0.2, 0.25) is 0 Å². The number of Topliss-reactive ketones (excluding diaryl/α,β-unsaturated/α-hetero) is 1. The molecule has 0 aliphatic rings. The van der Waals surface area contributed by atoms with Crippen LogP contribution in [0.3, 0.4) is 0 Å². The van der Waals surface area contributed by atoms with Crippen LogP contribution in [0, 0.1) is 5.82 Å². The van der Waals surface area contributed by atoms with Crippen LogP contribution in [-0.2, 0) is 0 Å². The molecule has 64 valence electrons. The van der Waals surface area contributed by atoms with Crippen molar-refractivity contribution in [2.45, 2.75) is 6.92 Å². The molecule has 0 atom stereocenters. The molecular formula is C8H5Br2FO. The average molecular weight is 296 g/mol. The zero-order chi connectivity index (χ0) is 9.30. The van der Waals surface area contributed by atoms with Gasteiger partial charge in [-0.25, -0.2) is 4.39 Å². The molecule has 0 saturated heterocycles. The fraction of sp³-hybridized carbons (Fsp3) is 0.125. The number of benzene rings is 1. The predicted molar refractivity (Wildman–Crippen MR) is 51.8 cm³/mol. The van der Waals surface area contributed by atoms with E-state index in [1.54, 1.807) is 6.07 Å². The number of carbonyl (C=O) groups excluding carboxylic acids is 1. The van der Waals surface area contributed by atoms with Crippen molar-refractivity contribution in [2.75, 3.05) is 0 Å². The van der Waals surface area contributed by atoms with Crippen molar-refractivity contribution < 1.29 is 9.18 Å². The molecule has 1 aromatic rings. The summed E-state index contributed by atoms with van der Waals surface area (Å²) in [4.78, 5) is 10.9. The number of hydrogen-bond acceptors (Lipinski definition) is 1. The van der Waals surface area contributed by atoms with Gasteiger partial charge in [0.1, 0.15) is 5.82 Å². The number of hydrogen-bond donors (Lipinski definition) is 0. The summed E-state index contributed by atoms with van der Waals surface area (Å²) in [6.45, 7) is 1.33. The fourth-order valence-electron chi connectivity index (χ4n) is 0.812. The number of halogens is 3. The Labute approximate surface area is 86.2 Å². The van der Waals surface area contributed by atoms with Gasteiger partial charge in [0.05, 0.1) is 10.0 Å². The number of carbonyl (C=O) groups is 1. The highest BCUT2D eigenvalue weighted by Gasteiger charge is 2.11. The van der Waals surface area contributed by atoms with E-state index in [0.29, 0.717) is 8.95 Å².